The molecule has 78 valence electrons. The molecule has 0 saturated heterocycles. The first-order valence-corrected chi connectivity index (χ1v) is 4.55. The van der Waals surface area contributed by atoms with Crippen molar-refractivity contribution < 1.29 is 15.0 Å². The van der Waals surface area contributed by atoms with E-state index in [0.29, 0.717) is 17.5 Å². The smallest absolute Gasteiger partial charge is 0.307 e. The highest BCUT2D eigenvalue weighted by Gasteiger charge is 2.10. The summed E-state index contributed by atoms with van der Waals surface area (Å²) in [6.07, 6.45) is 0.441. The van der Waals surface area contributed by atoms with E-state index in [9.17, 15) is 9.90 Å². The Morgan fingerprint density at radius 2 is 2.20 bits per heavy atom. The van der Waals surface area contributed by atoms with E-state index in [2.05, 4.69) is 0 Å². The van der Waals surface area contributed by atoms with Gasteiger partial charge in [-0.3, -0.25) is 4.79 Å². The van der Waals surface area contributed by atoms with E-state index in [1.54, 1.807) is 6.07 Å². The van der Waals surface area contributed by atoms with Gasteiger partial charge in [0.1, 0.15) is 11.8 Å². The van der Waals surface area contributed by atoms with Gasteiger partial charge in [0.25, 0.3) is 0 Å². The number of hydrogen-bond acceptors (Lipinski definition) is 3. The van der Waals surface area contributed by atoms with Crippen LogP contribution in [0.15, 0.2) is 12.1 Å². The number of rotatable bonds is 3. The number of nitriles is 1. The fraction of sp³-hybridized carbons (Fsp3) is 0.273. The Labute approximate surface area is 87.4 Å². The highest BCUT2D eigenvalue weighted by atomic mass is 16.4. The van der Waals surface area contributed by atoms with Crippen LogP contribution in [0.1, 0.15) is 23.6 Å². The number of carboxylic acids is 1. The number of aryl methyl sites for hydroxylation is 1. The molecule has 0 saturated carbocycles. The third-order valence-corrected chi connectivity index (χ3v) is 2.11. The van der Waals surface area contributed by atoms with Gasteiger partial charge < -0.3 is 10.2 Å². The van der Waals surface area contributed by atoms with Gasteiger partial charge in [-0.25, -0.2) is 0 Å². The summed E-state index contributed by atoms with van der Waals surface area (Å²) in [6.45, 7) is 1.85. The van der Waals surface area contributed by atoms with Crippen molar-refractivity contribution >= 4 is 5.97 Å². The molecule has 0 aromatic heterocycles. The van der Waals surface area contributed by atoms with Gasteiger partial charge in [-0.05, 0) is 23.6 Å². The van der Waals surface area contributed by atoms with E-state index in [4.69, 9.17) is 10.4 Å². The summed E-state index contributed by atoms with van der Waals surface area (Å²) in [5.41, 5.74) is 1.41. The van der Waals surface area contributed by atoms with Crippen LogP contribution in [0.5, 0.6) is 5.75 Å². The maximum atomic E-state index is 10.5. The Bertz CT molecular complexity index is 432. The van der Waals surface area contributed by atoms with E-state index in [1.165, 1.54) is 6.07 Å². The van der Waals surface area contributed by atoms with Crippen molar-refractivity contribution in [3.05, 3.63) is 28.8 Å². The molecule has 0 heterocycles. The SMILES string of the molecule is CCc1cc(CC(=O)O)cc(O)c1C#N. The predicted molar refractivity (Wildman–Crippen MR) is 53.5 cm³/mol. The van der Waals surface area contributed by atoms with Gasteiger partial charge in [0.2, 0.25) is 0 Å². The van der Waals surface area contributed by atoms with Gasteiger partial charge in [-0.15, -0.1) is 0 Å². The summed E-state index contributed by atoms with van der Waals surface area (Å²) in [4.78, 5) is 10.5. The van der Waals surface area contributed by atoms with Crippen LogP contribution < -0.4 is 0 Å². The van der Waals surface area contributed by atoms with Crippen LogP contribution in [0, 0.1) is 11.3 Å². The number of phenolic OH excluding ortho intramolecular Hbond substituents is 1. The van der Waals surface area contributed by atoms with Gasteiger partial charge in [-0.1, -0.05) is 13.0 Å². The molecule has 0 aliphatic carbocycles. The minimum absolute atomic E-state index is 0.145. The fourth-order valence-electron chi connectivity index (χ4n) is 1.43. The van der Waals surface area contributed by atoms with Crippen molar-refractivity contribution in [2.24, 2.45) is 0 Å². The van der Waals surface area contributed by atoms with Gasteiger partial charge in [0.05, 0.1) is 12.0 Å². The molecule has 0 bridgehead atoms. The number of phenols is 1. The lowest BCUT2D eigenvalue weighted by molar-refractivity contribution is -0.136. The molecule has 2 N–H and O–H groups in total. The molecule has 0 aliphatic heterocycles. The lowest BCUT2D eigenvalue weighted by Crippen LogP contribution is -2.01. The molecule has 0 aliphatic rings. The summed E-state index contributed by atoms with van der Waals surface area (Å²) in [5.74, 6) is -1.10. The molecular formula is C11H11NO3. The molecule has 4 nitrogen and oxygen atoms in total. The Morgan fingerprint density at radius 3 is 2.67 bits per heavy atom. The monoisotopic (exact) mass is 205 g/mol. The first kappa shape index (κ1) is 11.1. The highest BCUT2D eigenvalue weighted by molar-refractivity contribution is 5.71. The van der Waals surface area contributed by atoms with Crippen molar-refractivity contribution in [2.45, 2.75) is 19.8 Å². The van der Waals surface area contributed by atoms with Crippen LogP contribution in [0.25, 0.3) is 0 Å². The molecule has 0 fully saturated rings. The average Bonchev–Trinajstić information content (AvgIpc) is 2.15. The van der Waals surface area contributed by atoms with Crippen LogP contribution in [0.3, 0.4) is 0 Å². The maximum Gasteiger partial charge on any atom is 0.307 e. The first-order valence-electron chi connectivity index (χ1n) is 4.55. The van der Waals surface area contributed by atoms with Crippen molar-refractivity contribution in [3.63, 3.8) is 0 Å². The molecule has 0 spiro atoms. The van der Waals surface area contributed by atoms with Crippen LogP contribution >= 0.6 is 0 Å². The Morgan fingerprint density at radius 1 is 1.53 bits per heavy atom. The molecular weight excluding hydrogens is 194 g/mol. The number of benzene rings is 1. The lowest BCUT2D eigenvalue weighted by Gasteiger charge is -2.06. The normalized spacial score (nSPS) is 9.60. The number of carbonyl (C=O) groups is 1. The fourth-order valence-corrected chi connectivity index (χ4v) is 1.43. The molecule has 15 heavy (non-hydrogen) atoms. The number of hydrogen-bond donors (Lipinski definition) is 2. The number of aromatic hydroxyl groups is 1. The van der Waals surface area contributed by atoms with Gasteiger partial charge in [0, 0.05) is 0 Å². The van der Waals surface area contributed by atoms with Crippen molar-refractivity contribution in [2.75, 3.05) is 0 Å². The number of carboxylic acid groups (broad SMARTS) is 1. The minimum Gasteiger partial charge on any atom is -0.507 e. The van der Waals surface area contributed by atoms with Crippen molar-refractivity contribution in [1.29, 1.82) is 5.26 Å². The summed E-state index contributed by atoms with van der Waals surface area (Å²) in [7, 11) is 0. The molecule has 0 radical (unpaired) electrons. The molecule has 1 rings (SSSR count). The molecule has 0 atom stereocenters. The number of aliphatic carboxylic acids is 1. The standard InChI is InChI=1S/C11H11NO3/c1-2-8-3-7(5-11(14)15)4-10(13)9(8)6-12/h3-4,13H,2,5H2,1H3,(H,14,15). The van der Waals surface area contributed by atoms with E-state index in [1.807, 2.05) is 13.0 Å². The van der Waals surface area contributed by atoms with Gasteiger partial charge >= 0.3 is 5.97 Å². The third kappa shape index (κ3) is 2.47. The van der Waals surface area contributed by atoms with Crippen LogP contribution in [-0.4, -0.2) is 16.2 Å². The van der Waals surface area contributed by atoms with Crippen LogP contribution in [0.2, 0.25) is 0 Å². The molecule has 0 amide bonds. The van der Waals surface area contributed by atoms with E-state index >= 15 is 0 Å². The van der Waals surface area contributed by atoms with E-state index in [0.717, 1.165) is 0 Å². The Balaban J connectivity index is 3.21. The lowest BCUT2D eigenvalue weighted by atomic mass is 10.00. The second-order valence-corrected chi connectivity index (χ2v) is 3.18. The van der Waals surface area contributed by atoms with Gasteiger partial charge in [0.15, 0.2) is 0 Å². The maximum absolute atomic E-state index is 10.5. The largest absolute Gasteiger partial charge is 0.507 e. The summed E-state index contributed by atoms with van der Waals surface area (Å²) in [6, 6.07) is 4.87. The Hall–Kier alpha value is -2.02. The van der Waals surface area contributed by atoms with Gasteiger partial charge in [-0.2, -0.15) is 5.26 Å². The molecule has 4 heteroatoms. The minimum atomic E-state index is -0.957. The molecule has 1 aromatic rings. The summed E-state index contributed by atoms with van der Waals surface area (Å²) >= 11 is 0. The van der Waals surface area contributed by atoms with E-state index in [-0.39, 0.29) is 17.7 Å². The average molecular weight is 205 g/mol. The second-order valence-electron chi connectivity index (χ2n) is 3.18. The van der Waals surface area contributed by atoms with Crippen LogP contribution in [-0.2, 0) is 17.6 Å². The van der Waals surface area contributed by atoms with Crippen LogP contribution in [0.4, 0.5) is 0 Å². The number of nitrogens with zero attached hydrogens (tertiary/aromatic N) is 1. The zero-order valence-corrected chi connectivity index (χ0v) is 8.32. The highest BCUT2D eigenvalue weighted by Crippen LogP contribution is 2.23. The first-order chi connectivity index (χ1) is 7.08. The third-order valence-electron chi connectivity index (χ3n) is 2.11. The molecule has 0 unspecified atom stereocenters. The summed E-state index contributed by atoms with van der Waals surface area (Å²) in [5, 5.41) is 26.9. The van der Waals surface area contributed by atoms with E-state index < -0.39 is 5.97 Å². The topological polar surface area (TPSA) is 81.3 Å². The summed E-state index contributed by atoms with van der Waals surface area (Å²) < 4.78 is 0. The second kappa shape index (κ2) is 4.47. The zero-order chi connectivity index (χ0) is 11.4. The Kier molecular flexibility index (Phi) is 3.29. The van der Waals surface area contributed by atoms with Crippen molar-refractivity contribution in [3.8, 4) is 11.8 Å². The zero-order valence-electron chi connectivity index (χ0n) is 8.32. The predicted octanol–water partition coefficient (Wildman–Crippen LogP) is 1.45. The molecule has 1 aromatic carbocycles. The quantitative estimate of drug-likeness (QED) is 0.782. The van der Waals surface area contributed by atoms with Crippen molar-refractivity contribution in [1.82, 2.24) is 0 Å².